The fourth-order valence-corrected chi connectivity index (χ4v) is 2.49. The molecule has 0 unspecified atom stereocenters. The minimum absolute atomic E-state index is 0.325. The first-order valence-corrected chi connectivity index (χ1v) is 7.61. The van der Waals surface area contributed by atoms with Gasteiger partial charge in [0.2, 0.25) is 0 Å². The molecular weight excluding hydrogens is 296 g/mol. The molecule has 2 aromatic rings. The first-order chi connectivity index (χ1) is 9.10. The van der Waals surface area contributed by atoms with E-state index in [-0.39, 0.29) is 0 Å². The van der Waals surface area contributed by atoms with Gasteiger partial charge >= 0.3 is 0 Å². The Morgan fingerprint density at radius 1 is 1.26 bits per heavy atom. The van der Waals surface area contributed by atoms with Crippen LogP contribution in [0.15, 0.2) is 47.4 Å². The molecule has 2 aromatic carbocycles. The molecule has 0 atom stereocenters. The summed E-state index contributed by atoms with van der Waals surface area (Å²) in [5.41, 5.74) is 8.32. The molecule has 98 valence electrons. The van der Waals surface area contributed by atoms with E-state index in [0.29, 0.717) is 10.0 Å². The average Bonchev–Trinajstić information content (AvgIpc) is 2.41. The summed E-state index contributed by atoms with van der Waals surface area (Å²) in [6.07, 6.45) is 2.04. The fourth-order valence-electron chi connectivity index (χ4n) is 1.69. The second-order valence-electron chi connectivity index (χ2n) is 3.91. The maximum Gasteiger partial charge on any atom is 0.106 e. The fraction of sp³-hybridized carbons (Fsp3) is 0.0714. The zero-order valence-corrected chi connectivity index (χ0v) is 12.7. The van der Waals surface area contributed by atoms with Gasteiger partial charge in [-0.2, -0.15) is 0 Å². The molecule has 19 heavy (non-hydrogen) atoms. The second-order valence-corrected chi connectivity index (χ2v) is 5.67. The third-order valence-electron chi connectivity index (χ3n) is 2.60. The number of thiocarbonyl (C=S) groups is 1. The highest BCUT2D eigenvalue weighted by molar-refractivity contribution is 7.98. The van der Waals surface area contributed by atoms with E-state index in [4.69, 9.17) is 29.6 Å². The van der Waals surface area contributed by atoms with Crippen LogP contribution in [0, 0.1) is 0 Å². The summed E-state index contributed by atoms with van der Waals surface area (Å²) in [7, 11) is 0. The third kappa shape index (κ3) is 3.62. The number of nitrogens with one attached hydrogen (secondary N) is 1. The number of thioether (sulfide) groups is 1. The van der Waals surface area contributed by atoms with Gasteiger partial charge < -0.3 is 11.1 Å². The minimum atomic E-state index is 0.325. The molecule has 0 aromatic heterocycles. The highest BCUT2D eigenvalue weighted by Gasteiger charge is 2.06. The predicted molar refractivity (Wildman–Crippen MR) is 88.8 cm³/mol. The molecule has 0 aliphatic rings. The molecule has 0 aliphatic carbocycles. The molecule has 0 spiro atoms. The van der Waals surface area contributed by atoms with E-state index >= 15 is 0 Å². The molecule has 0 radical (unpaired) electrons. The van der Waals surface area contributed by atoms with Crippen molar-refractivity contribution in [3.8, 4) is 0 Å². The summed E-state index contributed by atoms with van der Waals surface area (Å²) in [6.45, 7) is 0. The van der Waals surface area contributed by atoms with Crippen LogP contribution in [0.3, 0.4) is 0 Å². The molecule has 3 N–H and O–H groups in total. The quantitative estimate of drug-likeness (QED) is 0.647. The monoisotopic (exact) mass is 308 g/mol. The Bertz CT molecular complexity index is 614. The standard InChI is InChI=1S/C14H13ClN2S2/c1-19-11-4-2-3-10(8-11)17-13-6-5-9(15)7-12(13)14(16)18/h2-8,17H,1H3,(H2,16,18). The summed E-state index contributed by atoms with van der Waals surface area (Å²) in [4.78, 5) is 1.52. The normalized spacial score (nSPS) is 10.2. The highest BCUT2D eigenvalue weighted by atomic mass is 35.5. The lowest BCUT2D eigenvalue weighted by Gasteiger charge is -2.12. The first-order valence-electron chi connectivity index (χ1n) is 5.60. The lowest BCUT2D eigenvalue weighted by molar-refractivity contribution is 1.43. The zero-order chi connectivity index (χ0) is 13.8. The molecule has 2 rings (SSSR count). The van der Waals surface area contributed by atoms with Crippen molar-refractivity contribution in [2.45, 2.75) is 4.90 Å². The summed E-state index contributed by atoms with van der Waals surface area (Å²) in [5, 5.41) is 3.93. The van der Waals surface area contributed by atoms with E-state index in [1.165, 1.54) is 4.90 Å². The number of anilines is 2. The summed E-state index contributed by atoms with van der Waals surface area (Å²) in [5.74, 6) is 0. The zero-order valence-electron chi connectivity index (χ0n) is 10.3. The molecule has 0 saturated carbocycles. The molecule has 0 saturated heterocycles. The summed E-state index contributed by atoms with van der Waals surface area (Å²) >= 11 is 12.7. The van der Waals surface area contributed by atoms with Crippen molar-refractivity contribution < 1.29 is 0 Å². The van der Waals surface area contributed by atoms with E-state index < -0.39 is 0 Å². The average molecular weight is 309 g/mol. The van der Waals surface area contributed by atoms with Gasteiger partial charge in [0.05, 0.1) is 0 Å². The van der Waals surface area contributed by atoms with Crippen LogP contribution in [0.5, 0.6) is 0 Å². The van der Waals surface area contributed by atoms with Gasteiger partial charge in [0.15, 0.2) is 0 Å². The minimum Gasteiger partial charge on any atom is -0.389 e. The molecule has 2 nitrogen and oxygen atoms in total. The summed E-state index contributed by atoms with van der Waals surface area (Å²) < 4.78 is 0. The Balaban J connectivity index is 2.34. The van der Waals surface area contributed by atoms with Crippen molar-refractivity contribution in [3.63, 3.8) is 0 Å². The van der Waals surface area contributed by atoms with Crippen LogP contribution in [0.25, 0.3) is 0 Å². The van der Waals surface area contributed by atoms with Crippen LogP contribution in [0.4, 0.5) is 11.4 Å². The van der Waals surface area contributed by atoms with Crippen LogP contribution in [-0.4, -0.2) is 11.2 Å². The van der Waals surface area contributed by atoms with E-state index in [1.807, 2.05) is 30.5 Å². The van der Waals surface area contributed by atoms with Gasteiger partial charge in [0.25, 0.3) is 0 Å². The Morgan fingerprint density at radius 2 is 2.05 bits per heavy atom. The van der Waals surface area contributed by atoms with Gasteiger partial charge in [0, 0.05) is 26.9 Å². The smallest absolute Gasteiger partial charge is 0.106 e. The molecular formula is C14H13ClN2S2. The molecule has 0 aliphatic heterocycles. The Labute approximate surface area is 127 Å². The lowest BCUT2D eigenvalue weighted by Crippen LogP contribution is -2.11. The van der Waals surface area contributed by atoms with E-state index in [2.05, 4.69) is 17.4 Å². The lowest BCUT2D eigenvalue weighted by atomic mass is 10.1. The highest BCUT2D eigenvalue weighted by Crippen LogP contribution is 2.26. The van der Waals surface area contributed by atoms with Gasteiger partial charge in [-0.05, 0) is 42.7 Å². The topological polar surface area (TPSA) is 38.0 Å². The number of benzene rings is 2. The number of hydrogen-bond acceptors (Lipinski definition) is 3. The third-order valence-corrected chi connectivity index (χ3v) is 3.78. The van der Waals surface area contributed by atoms with Crippen LogP contribution >= 0.6 is 35.6 Å². The SMILES string of the molecule is CSc1cccc(Nc2ccc(Cl)cc2C(N)=S)c1. The second kappa shape index (κ2) is 6.28. The van der Waals surface area contributed by atoms with Crippen molar-refractivity contribution in [1.82, 2.24) is 0 Å². The van der Waals surface area contributed by atoms with Crippen LogP contribution in [0.2, 0.25) is 5.02 Å². The van der Waals surface area contributed by atoms with Crippen molar-refractivity contribution in [1.29, 1.82) is 0 Å². The van der Waals surface area contributed by atoms with Gasteiger partial charge in [-0.25, -0.2) is 0 Å². The molecule has 0 heterocycles. The molecule has 5 heteroatoms. The number of nitrogens with two attached hydrogens (primary N) is 1. The molecule has 0 amide bonds. The molecule has 0 bridgehead atoms. The van der Waals surface area contributed by atoms with Gasteiger partial charge in [-0.15, -0.1) is 11.8 Å². The van der Waals surface area contributed by atoms with Crippen LogP contribution < -0.4 is 11.1 Å². The van der Waals surface area contributed by atoms with Crippen molar-refractivity contribution in [2.75, 3.05) is 11.6 Å². The van der Waals surface area contributed by atoms with Crippen molar-refractivity contribution >= 4 is 51.9 Å². The van der Waals surface area contributed by atoms with Crippen molar-refractivity contribution in [3.05, 3.63) is 53.1 Å². The Morgan fingerprint density at radius 3 is 2.74 bits per heavy atom. The Hall–Kier alpha value is -1.23. The number of rotatable bonds is 4. The van der Waals surface area contributed by atoms with Crippen molar-refractivity contribution in [2.24, 2.45) is 5.73 Å². The summed E-state index contributed by atoms with van der Waals surface area (Å²) in [6, 6.07) is 13.6. The van der Waals surface area contributed by atoms with Gasteiger partial charge in [-0.1, -0.05) is 29.9 Å². The largest absolute Gasteiger partial charge is 0.389 e. The van der Waals surface area contributed by atoms with E-state index in [9.17, 15) is 0 Å². The number of hydrogen-bond donors (Lipinski definition) is 2. The van der Waals surface area contributed by atoms with E-state index in [0.717, 1.165) is 16.9 Å². The van der Waals surface area contributed by atoms with Gasteiger partial charge in [-0.3, -0.25) is 0 Å². The van der Waals surface area contributed by atoms with Crippen LogP contribution in [0.1, 0.15) is 5.56 Å². The maximum atomic E-state index is 5.97. The van der Waals surface area contributed by atoms with Crippen LogP contribution in [-0.2, 0) is 0 Å². The number of halogens is 1. The Kier molecular flexibility index (Phi) is 4.69. The van der Waals surface area contributed by atoms with Gasteiger partial charge in [0.1, 0.15) is 4.99 Å². The maximum absolute atomic E-state index is 5.97. The van der Waals surface area contributed by atoms with E-state index in [1.54, 1.807) is 17.8 Å². The predicted octanol–water partition coefficient (Wildman–Crippen LogP) is 4.44. The molecule has 0 fully saturated rings. The first kappa shape index (κ1) is 14.2.